The van der Waals surface area contributed by atoms with Crippen molar-refractivity contribution in [3.63, 3.8) is 0 Å². The Morgan fingerprint density at radius 2 is 1.04 bits per heavy atom. The van der Waals surface area contributed by atoms with Crippen LogP contribution in [-0.2, 0) is 30.9 Å². The fraction of sp³-hybridized carbons (Fsp3) is 0.459. The molecule has 6 heterocycles. The number of pyridine rings is 2. The quantitative estimate of drug-likeness (QED) is 0.101. The molecule has 79 heavy (non-hydrogen) atoms. The van der Waals surface area contributed by atoms with E-state index in [0.717, 1.165) is 121 Å². The van der Waals surface area contributed by atoms with E-state index in [9.17, 15) is 24.0 Å². The van der Waals surface area contributed by atoms with Crippen LogP contribution in [0.2, 0.25) is 0 Å². The molecule has 0 aliphatic carbocycles. The third kappa shape index (κ3) is 13.9. The molecule has 18 nitrogen and oxygen atoms in total. The molecular formula is C61H76N8O10. The van der Waals surface area contributed by atoms with Crippen molar-refractivity contribution < 1.29 is 38.1 Å². The van der Waals surface area contributed by atoms with Crippen molar-refractivity contribution in [2.45, 2.75) is 104 Å². The normalized spacial score (nSPS) is 16.0. The summed E-state index contributed by atoms with van der Waals surface area (Å²) in [6.07, 6.45) is 3.37. The van der Waals surface area contributed by atoms with Gasteiger partial charge < -0.3 is 63.5 Å². The number of carbonyl (C=O) groups is 3. The van der Waals surface area contributed by atoms with E-state index < -0.39 is 5.60 Å². The smallest absolute Gasteiger partial charge is 0.410 e. The summed E-state index contributed by atoms with van der Waals surface area (Å²) < 4.78 is 32.1. The average Bonchev–Trinajstić information content (AvgIpc) is 3.55. The molecular weight excluding hydrogens is 1000 g/mol. The minimum Gasteiger partial charge on any atom is -0.486 e. The van der Waals surface area contributed by atoms with E-state index >= 15 is 0 Å². The summed E-state index contributed by atoms with van der Waals surface area (Å²) in [6, 6.07) is 27.1. The molecule has 0 bridgehead atoms. The lowest BCUT2D eigenvalue weighted by Gasteiger charge is -2.39. The predicted octanol–water partition coefficient (Wildman–Crippen LogP) is 7.04. The van der Waals surface area contributed by atoms with Gasteiger partial charge in [0, 0.05) is 101 Å². The summed E-state index contributed by atoms with van der Waals surface area (Å²) >= 11 is 0. The van der Waals surface area contributed by atoms with Crippen molar-refractivity contribution in [2.75, 3.05) is 79.8 Å². The zero-order chi connectivity index (χ0) is 55.8. The number of rotatable bonds is 14. The maximum absolute atomic E-state index is 13.4. The third-order valence-corrected chi connectivity index (χ3v) is 15.1. The number of nitrogens with zero attached hydrogens (tertiary/aromatic N) is 5. The maximum atomic E-state index is 13.4. The molecule has 0 unspecified atom stereocenters. The van der Waals surface area contributed by atoms with Crippen LogP contribution in [0.3, 0.4) is 0 Å². The van der Waals surface area contributed by atoms with Crippen molar-refractivity contribution in [3.8, 4) is 23.0 Å². The largest absolute Gasteiger partial charge is 0.486 e. The molecule has 3 N–H and O–H groups in total. The molecule has 0 atom stereocenters. The van der Waals surface area contributed by atoms with Gasteiger partial charge in [-0.25, -0.2) is 4.79 Å². The van der Waals surface area contributed by atoms with Gasteiger partial charge in [0.2, 0.25) is 0 Å². The van der Waals surface area contributed by atoms with Gasteiger partial charge in [-0.3, -0.25) is 19.2 Å². The molecule has 2 fully saturated rings. The first-order chi connectivity index (χ1) is 38.0. The van der Waals surface area contributed by atoms with Gasteiger partial charge >= 0.3 is 6.09 Å². The Kier molecular flexibility index (Phi) is 17.9. The predicted molar refractivity (Wildman–Crippen MR) is 305 cm³/mol. The fourth-order valence-corrected chi connectivity index (χ4v) is 10.9. The number of aryl methyl sites for hydroxylation is 2. The number of likely N-dealkylation sites (tertiary alicyclic amines) is 2. The minimum atomic E-state index is -0.607. The van der Waals surface area contributed by atoms with Crippen molar-refractivity contribution in [1.29, 1.82) is 0 Å². The van der Waals surface area contributed by atoms with Gasteiger partial charge in [-0.15, -0.1) is 0 Å². The molecule has 18 heteroatoms. The molecule has 0 spiro atoms. The van der Waals surface area contributed by atoms with Crippen LogP contribution in [0, 0.1) is 13.8 Å². The van der Waals surface area contributed by atoms with E-state index in [-0.39, 0.29) is 35.1 Å². The summed E-state index contributed by atoms with van der Waals surface area (Å²) in [6.45, 7) is 19.2. The van der Waals surface area contributed by atoms with Crippen LogP contribution in [0.1, 0.15) is 89.4 Å². The molecule has 3 amide bonds. The number of hydrogen-bond acceptors (Lipinski definition) is 13. The highest BCUT2D eigenvalue weighted by atomic mass is 16.6. The van der Waals surface area contributed by atoms with Gasteiger partial charge in [0.05, 0.1) is 22.2 Å². The van der Waals surface area contributed by atoms with Gasteiger partial charge in [-0.05, 0) is 132 Å². The van der Waals surface area contributed by atoms with Crippen LogP contribution in [0.5, 0.6) is 23.0 Å². The van der Waals surface area contributed by atoms with Crippen LogP contribution in [-0.4, -0.2) is 139 Å². The Morgan fingerprint density at radius 3 is 1.52 bits per heavy atom. The fourth-order valence-electron chi connectivity index (χ4n) is 10.9. The van der Waals surface area contributed by atoms with Gasteiger partial charge in [0.25, 0.3) is 22.9 Å². The first kappa shape index (κ1) is 56.3. The van der Waals surface area contributed by atoms with E-state index in [1.807, 2.05) is 100 Å². The third-order valence-electron chi connectivity index (χ3n) is 15.1. The average molecular weight is 1080 g/mol. The zero-order valence-corrected chi connectivity index (χ0v) is 46.8. The Bertz CT molecular complexity index is 3300. The first-order valence-corrected chi connectivity index (χ1v) is 27.7. The maximum Gasteiger partial charge on any atom is 0.410 e. The number of amides is 3. The number of piperidine rings is 2. The molecule has 4 aliphatic heterocycles. The summed E-state index contributed by atoms with van der Waals surface area (Å²) in [5.41, 5.74) is 5.70. The lowest BCUT2D eigenvalue weighted by atomic mass is 10.0. The number of fused-ring (bicyclic) bond motifs is 4. The summed E-state index contributed by atoms with van der Waals surface area (Å²) in [5, 5.41) is 10.5. The van der Waals surface area contributed by atoms with Crippen molar-refractivity contribution in [1.82, 2.24) is 39.8 Å². The van der Waals surface area contributed by atoms with E-state index in [1.165, 1.54) is 17.7 Å². The lowest BCUT2D eigenvalue weighted by molar-refractivity contribution is 0.00560. The minimum absolute atomic E-state index is 0.0114. The Morgan fingerprint density at radius 1 is 0.582 bits per heavy atom. The molecule has 2 saturated heterocycles. The second kappa shape index (κ2) is 25.1. The lowest BCUT2D eigenvalue weighted by Crippen LogP contribution is -2.49. The number of nitrogens with one attached hydrogen (secondary N) is 3. The standard InChI is InChI=1S/C33H42N4O6.C28H34N4O4/c1-22-6-8-25-26(31(39)34-5)20-30(38)36(27(25)18-22)15-14-35-12-10-24(11-13-35)37(32(40)43-33(2,3)4)21-23-7-9-28-29(19-23)42-17-16-41-28;1-19-3-5-22-23(28(34)29-2)17-27(33)32(24(22)15-19)12-11-31-9-7-21(8-10-31)30-18-20-4-6-25-26(16-20)36-14-13-35-25/h6-9,18-20,24H,10-17,21H2,1-5H3,(H,34,39);3-6,15-17,21,30H,7-14,18H2,1-2H3,(H,29,34). The molecule has 2 aromatic heterocycles. The second-order valence-corrected chi connectivity index (χ2v) is 21.9. The van der Waals surface area contributed by atoms with Gasteiger partial charge in [0.15, 0.2) is 23.0 Å². The summed E-state index contributed by atoms with van der Waals surface area (Å²) in [4.78, 5) is 70.9. The van der Waals surface area contributed by atoms with Crippen molar-refractivity contribution >= 4 is 39.7 Å². The van der Waals surface area contributed by atoms with Gasteiger partial charge in [-0.2, -0.15) is 0 Å². The second-order valence-electron chi connectivity index (χ2n) is 21.9. The highest BCUT2D eigenvalue weighted by molar-refractivity contribution is 6.07. The number of ether oxygens (including phenoxy) is 5. The van der Waals surface area contributed by atoms with Crippen LogP contribution in [0.15, 0.2) is 94.5 Å². The number of carbonyl (C=O) groups excluding carboxylic acids is 3. The SMILES string of the molecule is CNC(=O)c1cc(=O)n(CCN2CCC(N(Cc3ccc4c(c3)OCCO4)C(=O)OC(C)(C)C)CC2)c2cc(C)ccc12.CNC(=O)c1cc(=O)n(CCN2CCC(NCc3ccc4c(c3)OCCO4)CC2)c2cc(C)ccc12. The van der Waals surface area contributed by atoms with E-state index in [4.69, 9.17) is 23.7 Å². The van der Waals surface area contributed by atoms with E-state index in [0.29, 0.717) is 75.5 Å². The Balaban J connectivity index is 0.000000195. The Hall–Kier alpha value is -7.41. The molecule has 6 aromatic rings. The van der Waals surface area contributed by atoms with Crippen molar-refractivity contribution in [2.24, 2.45) is 0 Å². The molecule has 10 rings (SSSR count). The summed E-state index contributed by atoms with van der Waals surface area (Å²) in [7, 11) is 3.15. The number of hydrogen-bond donors (Lipinski definition) is 3. The molecule has 4 aliphatic rings. The van der Waals surface area contributed by atoms with E-state index in [2.05, 4.69) is 37.9 Å². The van der Waals surface area contributed by atoms with Crippen molar-refractivity contribution in [3.05, 3.63) is 139 Å². The first-order valence-electron chi connectivity index (χ1n) is 27.7. The Labute approximate surface area is 461 Å². The van der Waals surface area contributed by atoms with Crippen LogP contribution in [0.4, 0.5) is 4.79 Å². The molecule has 0 radical (unpaired) electrons. The highest BCUT2D eigenvalue weighted by Gasteiger charge is 2.32. The molecule has 4 aromatic carbocycles. The highest BCUT2D eigenvalue weighted by Crippen LogP contribution is 2.33. The van der Waals surface area contributed by atoms with Gasteiger partial charge in [0.1, 0.15) is 32.0 Å². The van der Waals surface area contributed by atoms with Crippen LogP contribution in [0.25, 0.3) is 21.8 Å². The molecule has 420 valence electrons. The monoisotopic (exact) mass is 1080 g/mol. The van der Waals surface area contributed by atoms with E-state index in [1.54, 1.807) is 23.2 Å². The number of aromatic nitrogens is 2. The van der Waals surface area contributed by atoms with Crippen LogP contribution < -0.4 is 46.0 Å². The van der Waals surface area contributed by atoms with Gasteiger partial charge in [-0.1, -0.05) is 36.4 Å². The zero-order valence-electron chi connectivity index (χ0n) is 46.8. The topological polar surface area (TPSA) is 187 Å². The summed E-state index contributed by atoms with van der Waals surface area (Å²) in [5.74, 6) is 2.56. The van der Waals surface area contributed by atoms with Crippen LogP contribution >= 0.6 is 0 Å². The molecule has 0 saturated carbocycles. The number of benzene rings is 4.